The fourth-order valence-electron chi connectivity index (χ4n) is 3.92. The molecule has 0 spiro atoms. The smallest absolute Gasteiger partial charge is 0.295 e. The summed E-state index contributed by atoms with van der Waals surface area (Å²) < 4.78 is 7.75. The van der Waals surface area contributed by atoms with Gasteiger partial charge >= 0.3 is 0 Å². The molecule has 2 aromatic heterocycles. The highest BCUT2D eigenvalue weighted by molar-refractivity contribution is 5.87. The third-order valence-electron chi connectivity index (χ3n) is 5.27. The molecule has 0 atom stereocenters. The summed E-state index contributed by atoms with van der Waals surface area (Å²) in [4.78, 5) is 4.67. The zero-order valence-corrected chi connectivity index (χ0v) is 14.9. The number of benzene rings is 2. The normalized spacial score (nSPS) is 15.7. The molecule has 1 fully saturated rings. The predicted octanol–water partition coefficient (Wildman–Crippen LogP) is 5.13. The van der Waals surface area contributed by atoms with Crippen LogP contribution in [0, 0.1) is 0 Å². The highest BCUT2D eigenvalue weighted by Crippen LogP contribution is 2.29. The molecule has 4 aromatic rings. The van der Waals surface area contributed by atoms with Crippen LogP contribution in [0.4, 0.5) is 6.01 Å². The minimum absolute atomic E-state index is 0.490. The number of nitrogens with zero attached hydrogens (tertiary/aromatic N) is 3. The van der Waals surface area contributed by atoms with Gasteiger partial charge in [-0.1, -0.05) is 31.4 Å². The van der Waals surface area contributed by atoms with Gasteiger partial charge in [0.05, 0.1) is 5.52 Å². The molecule has 0 bridgehead atoms. The fourth-order valence-corrected chi connectivity index (χ4v) is 3.92. The van der Waals surface area contributed by atoms with Gasteiger partial charge in [0.2, 0.25) is 0 Å². The maximum Gasteiger partial charge on any atom is 0.295 e. The van der Waals surface area contributed by atoms with Crippen molar-refractivity contribution < 1.29 is 4.42 Å². The first-order valence-corrected chi connectivity index (χ1v) is 9.35. The zero-order chi connectivity index (χ0) is 17.5. The summed E-state index contributed by atoms with van der Waals surface area (Å²) in [6.45, 7) is 0. The highest BCUT2D eigenvalue weighted by atomic mass is 16.4. The first kappa shape index (κ1) is 15.4. The van der Waals surface area contributed by atoms with E-state index in [4.69, 9.17) is 4.42 Å². The summed E-state index contributed by atoms with van der Waals surface area (Å²) in [6.07, 6.45) is 8.37. The van der Waals surface area contributed by atoms with Gasteiger partial charge in [-0.3, -0.25) is 4.68 Å². The molecule has 1 aliphatic rings. The molecular formula is C21H22N4O. The number of hydrogen-bond donors (Lipinski definition) is 1. The lowest BCUT2D eigenvalue weighted by atomic mass is 9.96. The number of aromatic nitrogens is 3. The second-order valence-corrected chi connectivity index (χ2v) is 7.26. The third-order valence-corrected chi connectivity index (χ3v) is 5.27. The van der Waals surface area contributed by atoms with Crippen molar-refractivity contribution in [2.24, 2.45) is 7.05 Å². The van der Waals surface area contributed by atoms with E-state index in [9.17, 15) is 0 Å². The minimum Gasteiger partial charge on any atom is -0.424 e. The summed E-state index contributed by atoms with van der Waals surface area (Å²) in [5.74, 6) is 0. The molecule has 5 rings (SSSR count). The summed E-state index contributed by atoms with van der Waals surface area (Å²) in [5, 5.41) is 9.05. The lowest BCUT2D eigenvalue weighted by molar-refractivity contribution is 0.451. The van der Waals surface area contributed by atoms with Crippen molar-refractivity contribution >= 4 is 28.0 Å². The van der Waals surface area contributed by atoms with E-state index in [1.54, 1.807) is 0 Å². The Hall–Kier alpha value is -2.82. The standard InChI is InChI=1S/C21H22N4O/c1-25-13-16-11-14(7-9-18(16)24-25)15-8-10-20-19(12-15)23-21(26-20)22-17-5-3-2-4-6-17/h7-13,17H,2-6H2,1H3,(H,22,23). The van der Waals surface area contributed by atoms with E-state index < -0.39 is 0 Å². The van der Waals surface area contributed by atoms with Crippen molar-refractivity contribution in [2.75, 3.05) is 5.32 Å². The van der Waals surface area contributed by atoms with Crippen LogP contribution in [0.1, 0.15) is 32.1 Å². The van der Waals surface area contributed by atoms with Crippen LogP contribution >= 0.6 is 0 Å². The van der Waals surface area contributed by atoms with E-state index in [1.807, 2.05) is 24.0 Å². The molecule has 1 N–H and O–H groups in total. The van der Waals surface area contributed by atoms with Gasteiger partial charge in [0.15, 0.2) is 5.58 Å². The Bertz CT molecular complexity index is 1070. The average Bonchev–Trinajstić information content (AvgIpc) is 3.22. The van der Waals surface area contributed by atoms with E-state index in [0.717, 1.165) is 33.1 Å². The van der Waals surface area contributed by atoms with Gasteiger partial charge in [-0.05, 0) is 48.2 Å². The van der Waals surface area contributed by atoms with Gasteiger partial charge in [-0.15, -0.1) is 0 Å². The average molecular weight is 346 g/mol. The van der Waals surface area contributed by atoms with Crippen molar-refractivity contribution in [3.8, 4) is 11.1 Å². The second-order valence-electron chi connectivity index (χ2n) is 7.26. The second kappa shape index (κ2) is 6.16. The maximum absolute atomic E-state index is 5.90. The first-order valence-electron chi connectivity index (χ1n) is 9.35. The van der Waals surface area contributed by atoms with E-state index in [-0.39, 0.29) is 0 Å². The molecule has 1 saturated carbocycles. The number of nitrogens with one attached hydrogen (secondary N) is 1. The Morgan fingerprint density at radius 3 is 2.69 bits per heavy atom. The number of anilines is 1. The maximum atomic E-state index is 5.90. The molecule has 0 amide bonds. The molecule has 26 heavy (non-hydrogen) atoms. The largest absolute Gasteiger partial charge is 0.424 e. The van der Waals surface area contributed by atoms with Crippen molar-refractivity contribution in [1.29, 1.82) is 0 Å². The van der Waals surface area contributed by atoms with Crippen LogP contribution in [0.5, 0.6) is 0 Å². The Morgan fingerprint density at radius 2 is 1.81 bits per heavy atom. The van der Waals surface area contributed by atoms with Gasteiger partial charge in [0, 0.05) is 24.7 Å². The Kier molecular flexibility index (Phi) is 3.66. The van der Waals surface area contributed by atoms with E-state index in [2.05, 4.69) is 45.7 Å². The molecule has 5 heteroatoms. The van der Waals surface area contributed by atoms with Crippen LogP contribution < -0.4 is 5.32 Å². The lowest BCUT2D eigenvalue weighted by Gasteiger charge is -2.21. The van der Waals surface area contributed by atoms with Crippen molar-refractivity contribution in [2.45, 2.75) is 38.1 Å². The summed E-state index contributed by atoms with van der Waals surface area (Å²) in [7, 11) is 1.95. The molecule has 2 heterocycles. The van der Waals surface area contributed by atoms with Crippen LogP contribution in [0.2, 0.25) is 0 Å². The molecule has 5 nitrogen and oxygen atoms in total. The quantitative estimate of drug-likeness (QED) is 0.559. The van der Waals surface area contributed by atoms with Gasteiger partial charge in [0.25, 0.3) is 6.01 Å². The summed E-state index contributed by atoms with van der Waals surface area (Å²) >= 11 is 0. The van der Waals surface area contributed by atoms with Gasteiger partial charge in [-0.25, -0.2) is 0 Å². The fraction of sp³-hybridized carbons (Fsp3) is 0.333. The molecule has 2 aromatic carbocycles. The van der Waals surface area contributed by atoms with E-state index in [0.29, 0.717) is 12.1 Å². The molecule has 1 aliphatic carbocycles. The highest BCUT2D eigenvalue weighted by Gasteiger charge is 2.16. The topological polar surface area (TPSA) is 55.9 Å². The Labute approximate surface area is 152 Å². The van der Waals surface area contributed by atoms with Crippen LogP contribution in [-0.4, -0.2) is 20.8 Å². The number of fused-ring (bicyclic) bond motifs is 2. The summed E-state index contributed by atoms with van der Waals surface area (Å²) in [5.41, 5.74) is 5.04. The van der Waals surface area contributed by atoms with E-state index in [1.165, 1.54) is 32.1 Å². The SMILES string of the molecule is Cn1cc2cc(-c3ccc4oc(NC5CCCCC5)nc4c3)ccc2n1. The molecule has 132 valence electrons. The number of hydrogen-bond acceptors (Lipinski definition) is 4. The predicted molar refractivity (Wildman–Crippen MR) is 104 cm³/mol. The Balaban J connectivity index is 1.46. The minimum atomic E-state index is 0.490. The molecule has 0 aliphatic heterocycles. The van der Waals surface area contributed by atoms with Gasteiger partial charge in [0.1, 0.15) is 5.52 Å². The number of oxazole rings is 1. The number of rotatable bonds is 3. The van der Waals surface area contributed by atoms with Crippen molar-refractivity contribution in [3.63, 3.8) is 0 Å². The van der Waals surface area contributed by atoms with Crippen molar-refractivity contribution in [3.05, 3.63) is 42.6 Å². The third kappa shape index (κ3) is 2.83. The zero-order valence-electron chi connectivity index (χ0n) is 14.9. The molecule has 0 saturated heterocycles. The molecular weight excluding hydrogens is 324 g/mol. The van der Waals surface area contributed by atoms with Crippen LogP contribution in [0.25, 0.3) is 33.1 Å². The monoisotopic (exact) mass is 346 g/mol. The van der Waals surface area contributed by atoms with Crippen LogP contribution in [0.15, 0.2) is 47.0 Å². The molecule has 0 radical (unpaired) electrons. The first-order chi connectivity index (χ1) is 12.7. The number of aryl methyl sites for hydroxylation is 1. The lowest BCUT2D eigenvalue weighted by Crippen LogP contribution is -2.22. The van der Waals surface area contributed by atoms with Crippen molar-refractivity contribution in [1.82, 2.24) is 14.8 Å². The van der Waals surface area contributed by atoms with E-state index >= 15 is 0 Å². The molecule has 0 unspecified atom stereocenters. The van der Waals surface area contributed by atoms with Crippen LogP contribution in [0.3, 0.4) is 0 Å². The summed E-state index contributed by atoms with van der Waals surface area (Å²) in [6, 6.07) is 13.7. The van der Waals surface area contributed by atoms with Gasteiger partial charge < -0.3 is 9.73 Å². The van der Waals surface area contributed by atoms with Crippen LogP contribution in [-0.2, 0) is 7.05 Å². The Morgan fingerprint density at radius 1 is 1.00 bits per heavy atom. The van der Waals surface area contributed by atoms with Gasteiger partial charge in [-0.2, -0.15) is 10.1 Å².